The summed E-state index contributed by atoms with van der Waals surface area (Å²) < 4.78 is 26.1. The van der Waals surface area contributed by atoms with Crippen LogP contribution in [0.4, 0.5) is 8.78 Å². The minimum Gasteiger partial charge on any atom is -0.480 e. The van der Waals surface area contributed by atoms with Gasteiger partial charge < -0.3 is 15.1 Å². The number of aliphatic hydroxyl groups is 1. The number of rotatable bonds is 2. The highest BCUT2D eigenvalue weighted by Gasteiger charge is 2.47. The lowest BCUT2D eigenvalue weighted by atomic mass is 10.1. The molecule has 2 rings (SSSR count). The van der Waals surface area contributed by atoms with Gasteiger partial charge in [0.05, 0.1) is 6.10 Å². The highest BCUT2D eigenvalue weighted by atomic mass is 19.3. The van der Waals surface area contributed by atoms with Crippen molar-refractivity contribution in [3.8, 4) is 0 Å². The molecule has 1 heterocycles. The third kappa shape index (κ3) is 2.45. The van der Waals surface area contributed by atoms with Crippen molar-refractivity contribution in [2.45, 2.75) is 43.8 Å². The number of carboxylic acid groups (broad SMARTS) is 1. The van der Waals surface area contributed by atoms with Crippen LogP contribution in [-0.4, -0.2) is 51.6 Å². The van der Waals surface area contributed by atoms with Gasteiger partial charge in [-0.1, -0.05) is 0 Å². The first-order valence-electron chi connectivity index (χ1n) is 5.89. The topological polar surface area (TPSA) is 77.8 Å². The molecule has 0 aromatic rings. The minimum absolute atomic E-state index is 0.0375. The third-order valence-corrected chi connectivity index (χ3v) is 3.60. The van der Waals surface area contributed by atoms with Crippen molar-refractivity contribution in [1.82, 2.24) is 4.90 Å². The first-order valence-corrected chi connectivity index (χ1v) is 5.89. The number of likely N-dealkylation sites (tertiary alicyclic amines) is 1. The summed E-state index contributed by atoms with van der Waals surface area (Å²) in [6.45, 7) is -0.0854. The van der Waals surface area contributed by atoms with Gasteiger partial charge in [-0.2, -0.15) is 0 Å². The molecule has 1 amide bonds. The van der Waals surface area contributed by atoms with Crippen molar-refractivity contribution < 1.29 is 28.6 Å². The van der Waals surface area contributed by atoms with E-state index in [0.717, 1.165) is 4.90 Å². The number of alkyl halides is 2. The van der Waals surface area contributed by atoms with Crippen LogP contribution in [0, 0.1) is 5.92 Å². The molecule has 1 aliphatic heterocycles. The van der Waals surface area contributed by atoms with E-state index in [1.807, 2.05) is 0 Å². The molecule has 2 aliphatic rings. The fraction of sp³-hybridized carbons (Fsp3) is 0.818. The van der Waals surface area contributed by atoms with Crippen molar-refractivity contribution in [3.05, 3.63) is 0 Å². The van der Waals surface area contributed by atoms with Gasteiger partial charge in [-0.15, -0.1) is 0 Å². The van der Waals surface area contributed by atoms with E-state index in [1.165, 1.54) is 0 Å². The summed E-state index contributed by atoms with van der Waals surface area (Å²) in [7, 11) is 0. The number of carboxylic acids is 1. The maximum atomic E-state index is 13.0. The number of carbonyl (C=O) groups excluding carboxylic acids is 1. The largest absolute Gasteiger partial charge is 0.480 e. The first kappa shape index (κ1) is 13.2. The van der Waals surface area contributed by atoms with Crippen LogP contribution in [0.25, 0.3) is 0 Å². The lowest BCUT2D eigenvalue weighted by Crippen LogP contribution is -2.43. The maximum Gasteiger partial charge on any atom is 0.326 e. The van der Waals surface area contributed by atoms with Crippen molar-refractivity contribution in [2.24, 2.45) is 5.92 Å². The maximum absolute atomic E-state index is 13.0. The highest BCUT2D eigenvalue weighted by Crippen LogP contribution is 2.40. The van der Waals surface area contributed by atoms with Gasteiger partial charge in [-0.3, -0.25) is 4.79 Å². The Kier molecular flexibility index (Phi) is 3.27. The van der Waals surface area contributed by atoms with Crippen molar-refractivity contribution in [1.29, 1.82) is 0 Å². The van der Waals surface area contributed by atoms with Crippen LogP contribution in [0.3, 0.4) is 0 Å². The molecule has 0 radical (unpaired) electrons. The zero-order chi connectivity index (χ0) is 13.5. The van der Waals surface area contributed by atoms with Gasteiger partial charge in [0, 0.05) is 31.7 Å². The van der Waals surface area contributed by atoms with E-state index in [0.29, 0.717) is 0 Å². The number of carbonyl (C=O) groups is 2. The zero-order valence-corrected chi connectivity index (χ0v) is 9.68. The van der Waals surface area contributed by atoms with Crippen LogP contribution >= 0.6 is 0 Å². The number of amides is 1. The Balaban J connectivity index is 2.07. The molecule has 1 saturated carbocycles. The molecular weight excluding hydrogens is 248 g/mol. The Bertz CT molecular complexity index is 374. The Morgan fingerprint density at radius 1 is 1.33 bits per heavy atom. The first-order chi connectivity index (χ1) is 8.30. The fourth-order valence-electron chi connectivity index (χ4n) is 2.69. The highest BCUT2D eigenvalue weighted by molar-refractivity contribution is 5.86. The van der Waals surface area contributed by atoms with E-state index >= 15 is 0 Å². The zero-order valence-electron chi connectivity index (χ0n) is 9.68. The summed E-state index contributed by atoms with van der Waals surface area (Å²) in [6, 6.07) is -1.10. The second-order valence-electron chi connectivity index (χ2n) is 5.03. The van der Waals surface area contributed by atoms with E-state index in [1.54, 1.807) is 0 Å². The second-order valence-corrected chi connectivity index (χ2v) is 5.03. The lowest BCUT2D eigenvalue weighted by Gasteiger charge is -2.24. The number of aliphatic carboxylic acids is 1. The SMILES string of the molecule is O=C(O)C1CC(O)CN1C(=O)C1CCC(F)(F)C1. The monoisotopic (exact) mass is 263 g/mol. The van der Waals surface area contributed by atoms with Gasteiger partial charge in [0.1, 0.15) is 6.04 Å². The molecule has 1 aliphatic carbocycles. The second kappa shape index (κ2) is 4.46. The van der Waals surface area contributed by atoms with E-state index in [2.05, 4.69) is 0 Å². The van der Waals surface area contributed by atoms with Gasteiger partial charge in [0.15, 0.2) is 0 Å². The summed E-state index contributed by atoms with van der Waals surface area (Å²) in [5.41, 5.74) is 0. The van der Waals surface area contributed by atoms with E-state index < -0.39 is 42.3 Å². The van der Waals surface area contributed by atoms with Crippen LogP contribution in [-0.2, 0) is 9.59 Å². The Morgan fingerprint density at radius 2 is 2.00 bits per heavy atom. The average Bonchev–Trinajstić information content (AvgIpc) is 2.80. The molecular formula is C11H15F2NO4. The van der Waals surface area contributed by atoms with E-state index in [-0.39, 0.29) is 25.8 Å². The summed E-state index contributed by atoms with van der Waals surface area (Å²) in [5, 5.41) is 18.4. The average molecular weight is 263 g/mol. The third-order valence-electron chi connectivity index (χ3n) is 3.60. The van der Waals surface area contributed by atoms with Crippen molar-refractivity contribution in [2.75, 3.05) is 6.54 Å². The van der Waals surface area contributed by atoms with Crippen LogP contribution < -0.4 is 0 Å². The number of β-amino-alcohol motifs (C(OH)–C–C–N with tert-alkyl or cyclic N) is 1. The van der Waals surface area contributed by atoms with Gasteiger partial charge in [0.2, 0.25) is 11.8 Å². The van der Waals surface area contributed by atoms with Crippen molar-refractivity contribution in [3.63, 3.8) is 0 Å². The molecule has 3 atom stereocenters. The number of nitrogens with zero attached hydrogens (tertiary/aromatic N) is 1. The summed E-state index contributed by atoms with van der Waals surface area (Å²) in [6.07, 6.45) is -1.71. The van der Waals surface area contributed by atoms with E-state index in [4.69, 9.17) is 5.11 Å². The standard InChI is InChI=1S/C11H15F2NO4/c12-11(13)2-1-6(4-11)9(16)14-5-7(15)3-8(14)10(17)18/h6-8,15H,1-5H2,(H,17,18). The van der Waals surface area contributed by atoms with Crippen LogP contribution in [0.1, 0.15) is 25.7 Å². The molecule has 2 fully saturated rings. The normalized spacial score (nSPS) is 34.8. The Morgan fingerprint density at radius 3 is 2.50 bits per heavy atom. The molecule has 3 unspecified atom stereocenters. The van der Waals surface area contributed by atoms with Crippen molar-refractivity contribution >= 4 is 11.9 Å². The molecule has 5 nitrogen and oxygen atoms in total. The van der Waals surface area contributed by atoms with Gasteiger partial charge in [-0.05, 0) is 6.42 Å². The molecule has 0 aromatic carbocycles. The molecule has 2 N–H and O–H groups in total. The molecule has 1 saturated heterocycles. The Labute approximate surface area is 102 Å². The minimum atomic E-state index is -2.84. The molecule has 0 bridgehead atoms. The lowest BCUT2D eigenvalue weighted by molar-refractivity contribution is -0.150. The summed E-state index contributed by atoms with van der Waals surface area (Å²) >= 11 is 0. The van der Waals surface area contributed by atoms with Gasteiger partial charge in [0.25, 0.3) is 0 Å². The predicted octanol–water partition coefficient (Wildman–Crippen LogP) is 0.468. The van der Waals surface area contributed by atoms with Crippen LogP contribution in [0.5, 0.6) is 0 Å². The molecule has 18 heavy (non-hydrogen) atoms. The molecule has 0 spiro atoms. The van der Waals surface area contributed by atoms with Crippen LogP contribution in [0.15, 0.2) is 0 Å². The summed E-state index contributed by atoms with van der Waals surface area (Å²) in [5.74, 6) is -5.44. The Hall–Kier alpha value is -1.24. The van der Waals surface area contributed by atoms with E-state index in [9.17, 15) is 23.5 Å². The molecule has 102 valence electrons. The number of halogens is 2. The predicted molar refractivity (Wildman–Crippen MR) is 56.0 cm³/mol. The number of hydrogen-bond acceptors (Lipinski definition) is 3. The quantitative estimate of drug-likeness (QED) is 0.759. The smallest absolute Gasteiger partial charge is 0.326 e. The van der Waals surface area contributed by atoms with Crippen LogP contribution in [0.2, 0.25) is 0 Å². The van der Waals surface area contributed by atoms with Gasteiger partial charge in [-0.25, -0.2) is 13.6 Å². The molecule has 7 heteroatoms. The number of hydrogen-bond donors (Lipinski definition) is 2. The summed E-state index contributed by atoms with van der Waals surface area (Å²) in [4.78, 5) is 24.0. The fourth-order valence-corrected chi connectivity index (χ4v) is 2.69. The van der Waals surface area contributed by atoms with Gasteiger partial charge >= 0.3 is 5.97 Å². The molecule has 0 aromatic heterocycles. The number of aliphatic hydroxyl groups excluding tert-OH is 1.